The highest BCUT2D eigenvalue weighted by molar-refractivity contribution is 7.15. The van der Waals surface area contributed by atoms with E-state index in [1.54, 1.807) is 24.4 Å². The largest absolute Gasteiger partial charge is 0.466 e. The fraction of sp³-hybridized carbons (Fsp3) is 0.312. The molecule has 1 N–H and O–H groups in total. The first-order valence-corrected chi connectivity index (χ1v) is 8.62. The first kappa shape index (κ1) is 17.5. The van der Waals surface area contributed by atoms with Crippen molar-refractivity contribution in [1.82, 2.24) is 14.7 Å². The Morgan fingerprint density at radius 2 is 1.76 bits per heavy atom. The van der Waals surface area contributed by atoms with Crippen molar-refractivity contribution in [3.8, 4) is 0 Å². The van der Waals surface area contributed by atoms with E-state index in [2.05, 4.69) is 10.3 Å². The van der Waals surface area contributed by atoms with Crippen molar-refractivity contribution in [2.24, 2.45) is 0 Å². The number of esters is 2. The maximum Gasteiger partial charge on any atom is 0.336 e. The van der Waals surface area contributed by atoms with Gasteiger partial charge in [0.25, 0.3) is 0 Å². The standard InChI is InChI=1S/C16H16ClN3O4S/c1-7-9(14(21)23-3)11(10(8(2)18-7)15(22)24-4)12-13(17)19-16-20(12)5-6-25-16/h5-6,11,18H,1-4H3. The topological polar surface area (TPSA) is 81.9 Å². The van der Waals surface area contributed by atoms with Gasteiger partial charge in [0.05, 0.1) is 37.0 Å². The van der Waals surface area contributed by atoms with Gasteiger partial charge in [-0.15, -0.1) is 11.3 Å². The van der Waals surface area contributed by atoms with Crippen molar-refractivity contribution < 1.29 is 19.1 Å². The molecule has 3 rings (SSSR count). The highest BCUT2D eigenvalue weighted by Crippen LogP contribution is 2.42. The Bertz CT molecular complexity index is 902. The van der Waals surface area contributed by atoms with Gasteiger partial charge in [0.2, 0.25) is 0 Å². The van der Waals surface area contributed by atoms with Crippen LogP contribution in [0.5, 0.6) is 0 Å². The van der Waals surface area contributed by atoms with E-state index in [9.17, 15) is 9.59 Å². The summed E-state index contributed by atoms with van der Waals surface area (Å²) in [4.78, 5) is 29.9. The molecule has 1 aliphatic rings. The predicted molar refractivity (Wildman–Crippen MR) is 93.4 cm³/mol. The summed E-state index contributed by atoms with van der Waals surface area (Å²) in [6, 6.07) is 0. The van der Waals surface area contributed by atoms with Crippen molar-refractivity contribution >= 4 is 39.8 Å². The lowest BCUT2D eigenvalue weighted by atomic mass is 9.83. The number of dihydropyridines is 1. The van der Waals surface area contributed by atoms with Gasteiger partial charge in [0, 0.05) is 23.0 Å². The molecule has 0 spiro atoms. The summed E-state index contributed by atoms with van der Waals surface area (Å²) in [6.07, 6.45) is 1.80. The van der Waals surface area contributed by atoms with Crippen LogP contribution in [0.4, 0.5) is 0 Å². The molecule has 0 saturated heterocycles. The van der Waals surface area contributed by atoms with Crippen LogP contribution in [0.15, 0.2) is 34.1 Å². The van der Waals surface area contributed by atoms with E-state index >= 15 is 0 Å². The maximum absolute atomic E-state index is 12.5. The molecular formula is C16H16ClN3O4S. The lowest BCUT2D eigenvalue weighted by Crippen LogP contribution is -2.32. The molecule has 0 aliphatic carbocycles. The second-order valence-corrected chi connectivity index (χ2v) is 6.69. The van der Waals surface area contributed by atoms with E-state index in [1.807, 2.05) is 5.38 Å². The minimum Gasteiger partial charge on any atom is -0.466 e. The quantitative estimate of drug-likeness (QED) is 0.823. The summed E-state index contributed by atoms with van der Waals surface area (Å²) in [6.45, 7) is 3.49. The normalized spacial score (nSPS) is 15.6. The molecule has 7 nitrogen and oxygen atoms in total. The number of hydrogen-bond donors (Lipinski definition) is 1. The summed E-state index contributed by atoms with van der Waals surface area (Å²) in [7, 11) is 2.59. The van der Waals surface area contributed by atoms with E-state index in [-0.39, 0.29) is 5.15 Å². The summed E-state index contributed by atoms with van der Waals surface area (Å²) in [5.41, 5.74) is 2.29. The van der Waals surface area contributed by atoms with Gasteiger partial charge in [-0.25, -0.2) is 14.6 Å². The number of hydrogen-bond acceptors (Lipinski definition) is 7. The third-order valence-corrected chi connectivity index (χ3v) is 5.13. The molecule has 0 unspecified atom stereocenters. The SMILES string of the molecule is COC(=O)C1=C(C)NC(C)=C(C(=O)OC)C1c1c(Cl)nc2sccn12. The summed E-state index contributed by atoms with van der Waals surface area (Å²) < 4.78 is 11.6. The Morgan fingerprint density at radius 3 is 2.28 bits per heavy atom. The van der Waals surface area contributed by atoms with Crippen LogP contribution in [-0.4, -0.2) is 35.5 Å². The van der Waals surface area contributed by atoms with Crippen LogP contribution in [0, 0.1) is 0 Å². The van der Waals surface area contributed by atoms with Gasteiger partial charge < -0.3 is 14.8 Å². The molecule has 2 aromatic heterocycles. The van der Waals surface area contributed by atoms with Crippen LogP contribution in [0.3, 0.4) is 0 Å². The second kappa shape index (κ2) is 6.53. The van der Waals surface area contributed by atoms with Crippen molar-refractivity contribution in [3.05, 3.63) is 45.0 Å². The zero-order chi connectivity index (χ0) is 18.3. The molecule has 0 atom stereocenters. The molecule has 0 aromatic carbocycles. The fourth-order valence-electron chi connectivity index (χ4n) is 3.06. The summed E-state index contributed by atoms with van der Waals surface area (Å²) in [5, 5.41) is 5.13. The van der Waals surface area contributed by atoms with Gasteiger partial charge in [-0.2, -0.15) is 0 Å². The number of methoxy groups -OCH3 is 2. The van der Waals surface area contributed by atoms with E-state index < -0.39 is 17.9 Å². The van der Waals surface area contributed by atoms with Crippen LogP contribution < -0.4 is 5.32 Å². The maximum atomic E-state index is 12.5. The molecule has 25 heavy (non-hydrogen) atoms. The summed E-state index contributed by atoms with van der Waals surface area (Å²) >= 11 is 7.77. The molecule has 0 amide bonds. The van der Waals surface area contributed by atoms with E-state index in [1.165, 1.54) is 25.6 Å². The average molecular weight is 382 g/mol. The van der Waals surface area contributed by atoms with Crippen molar-refractivity contribution in [3.63, 3.8) is 0 Å². The molecule has 0 bridgehead atoms. The molecule has 132 valence electrons. The number of rotatable bonds is 3. The Kier molecular flexibility index (Phi) is 4.57. The number of nitrogens with zero attached hydrogens (tertiary/aromatic N) is 2. The number of fused-ring (bicyclic) bond motifs is 1. The third-order valence-electron chi connectivity index (χ3n) is 4.10. The van der Waals surface area contributed by atoms with Crippen molar-refractivity contribution in [1.29, 1.82) is 0 Å². The minimum atomic E-state index is -0.752. The number of nitrogens with one attached hydrogen (secondary N) is 1. The average Bonchev–Trinajstić information content (AvgIpc) is 3.12. The van der Waals surface area contributed by atoms with Crippen LogP contribution in [0.2, 0.25) is 5.15 Å². The number of imidazole rings is 1. The molecule has 3 heterocycles. The molecule has 0 fully saturated rings. The van der Waals surface area contributed by atoms with Crippen LogP contribution in [-0.2, 0) is 19.1 Å². The fourth-order valence-corrected chi connectivity index (χ4v) is 4.11. The lowest BCUT2D eigenvalue weighted by Gasteiger charge is -2.29. The van der Waals surface area contributed by atoms with Crippen LogP contribution >= 0.6 is 22.9 Å². The molecule has 1 aliphatic heterocycles. The van der Waals surface area contributed by atoms with E-state index in [0.29, 0.717) is 33.2 Å². The molecule has 0 radical (unpaired) electrons. The molecule has 9 heteroatoms. The van der Waals surface area contributed by atoms with E-state index in [4.69, 9.17) is 21.1 Å². The lowest BCUT2D eigenvalue weighted by molar-refractivity contribution is -0.137. The molecular weight excluding hydrogens is 366 g/mol. The van der Waals surface area contributed by atoms with Crippen LogP contribution in [0.1, 0.15) is 25.5 Å². The van der Waals surface area contributed by atoms with E-state index in [0.717, 1.165) is 0 Å². The summed E-state index contributed by atoms with van der Waals surface area (Å²) in [5.74, 6) is -1.85. The Labute approximate surface area is 152 Å². The zero-order valence-corrected chi connectivity index (χ0v) is 15.6. The van der Waals surface area contributed by atoms with Gasteiger partial charge in [-0.05, 0) is 13.8 Å². The van der Waals surface area contributed by atoms with Gasteiger partial charge >= 0.3 is 11.9 Å². The van der Waals surface area contributed by atoms with Gasteiger partial charge in [0.1, 0.15) is 0 Å². The number of aromatic nitrogens is 2. The first-order valence-electron chi connectivity index (χ1n) is 7.36. The smallest absolute Gasteiger partial charge is 0.336 e. The Hall–Kier alpha value is -2.32. The number of carbonyl (C=O) groups is 2. The van der Waals surface area contributed by atoms with Crippen LogP contribution in [0.25, 0.3) is 4.96 Å². The number of ether oxygens (including phenoxy) is 2. The monoisotopic (exact) mass is 381 g/mol. The number of carbonyl (C=O) groups excluding carboxylic acids is 2. The van der Waals surface area contributed by atoms with Gasteiger partial charge in [-0.3, -0.25) is 4.40 Å². The number of allylic oxidation sites excluding steroid dienone is 2. The Balaban J connectivity index is 2.33. The highest BCUT2D eigenvalue weighted by Gasteiger charge is 2.40. The third kappa shape index (κ3) is 2.71. The molecule has 2 aromatic rings. The Morgan fingerprint density at radius 1 is 1.20 bits per heavy atom. The van der Waals surface area contributed by atoms with Gasteiger partial charge in [0.15, 0.2) is 10.1 Å². The zero-order valence-electron chi connectivity index (χ0n) is 14.0. The van der Waals surface area contributed by atoms with Crippen molar-refractivity contribution in [2.75, 3.05) is 14.2 Å². The first-order chi connectivity index (χ1) is 11.9. The minimum absolute atomic E-state index is 0.224. The second-order valence-electron chi connectivity index (χ2n) is 5.46. The molecule has 0 saturated carbocycles. The van der Waals surface area contributed by atoms with Crippen molar-refractivity contribution in [2.45, 2.75) is 19.8 Å². The highest BCUT2D eigenvalue weighted by atomic mass is 35.5. The predicted octanol–water partition coefficient (Wildman–Crippen LogP) is 2.63. The number of halogens is 1. The number of thiazole rings is 1. The van der Waals surface area contributed by atoms with Gasteiger partial charge in [-0.1, -0.05) is 11.6 Å².